The molecular formula is C23H23BrN4O2. The summed E-state index contributed by atoms with van der Waals surface area (Å²) in [4.78, 5) is 26.0. The van der Waals surface area contributed by atoms with Gasteiger partial charge in [-0.1, -0.05) is 15.9 Å². The van der Waals surface area contributed by atoms with Crippen LogP contribution in [-0.2, 0) is 6.42 Å². The van der Waals surface area contributed by atoms with Crippen LogP contribution in [0.25, 0.3) is 0 Å². The molecule has 3 aromatic rings. The summed E-state index contributed by atoms with van der Waals surface area (Å²) in [5, 5.41) is 0. The Kier molecular flexibility index (Phi) is 5.72. The lowest BCUT2D eigenvalue weighted by Crippen LogP contribution is -2.25. The van der Waals surface area contributed by atoms with Gasteiger partial charge in [-0.25, -0.2) is 9.97 Å². The van der Waals surface area contributed by atoms with E-state index in [1.54, 1.807) is 18.1 Å². The van der Waals surface area contributed by atoms with Crippen LogP contribution in [-0.4, -0.2) is 36.1 Å². The van der Waals surface area contributed by atoms with E-state index in [1.807, 2.05) is 61.3 Å². The lowest BCUT2D eigenvalue weighted by molar-refractivity contribution is 0.0994. The molecule has 0 aliphatic carbocycles. The molecule has 0 atom stereocenters. The molecule has 4 rings (SSSR count). The molecule has 0 radical (unpaired) electrons. The van der Waals surface area contributed by atoms with Gasteiger partial charge in [0.1, 0.15) is 11.6 Å². The first-order chi connectivity index (χ1) is 14.5. The van der Waals surface area contributed by atoms with Gasteiger partial charge in [-0.3, -0.25) is 4.79 Å². The number of pyridine rings is 2. The number of hydrogen-bond acceptors (Lipinski definition) is 5. The number of carbonyl (C=O) groups is 1. The number of fused-ring (bicyclic) bond motifs is 2. The maximum atomic E-state index is 13.2. The van der Waals surface area contributed by atoms with E-state index >= 15 is 0 Å². The Bertz CT molecular complexity index is 1100. The summed E-state index contributed by atoms with van der Waals surface area (Å²) in [5.41, 5.74) is 3.39. The van der Waals surface area contributed by atoms with Crippen molar-refractivity contribution in [2.24, 2.45) is 0 Å². The topological polar surface area (TPSA) is 58.6 Å². The number of benzene rings is 1. The van der Waals surface area contributed by atoms with Crippen LogP contribution in [0.4, 0.5) is 17.3 Å². The second-order valence-corrected chi connectivity index (χ2v) is 8.09. The monoisotopic (exact) mass is 466 g/mol. The van der Waals surface area contributed by atoms with Crippen molar-refractivity contribution in [2.75, 3.05) is 30.0 Å². The Morgan fingerprint density at radius 1 is 1.13 bits per heavy atom. The molecule has 30 heavy (non-hydrogen) atoms. The van der Waals surface area contributed by atoms with E-state index in [4.69, 9.17) is 4.74 Å². The van der Waals surface area contributed by atoms with Gasteiger partial charge in [0.25, 0.3) is 5.91 Å². The van der Waals surface area contributed by atoms with E-state index in [9.17, 15) is 4.79 Å². The zero-order chi connectivity index (χ0) is 21.3. The lowest BCUT2D eigenvalue weighted by Gasteiger charge is -2.22. The largest absolute Gasteiger partial charge is 0.493 e. The smallest absolute Gasteiger partial charge is 0.261 e. The summed E-state index contributed by atoms with van der Waals surface area (Å²) in [5.74, 6) is 2.15. The van der Waals surface area contributed by atoms with Gasteiger partial charge in [0, 0.05) is 36.9 Å². The summed E-state index contributed by atoms with van der Waals surface area (Å²) in [6.07, 6.45) is 4.21. The molecule has 1 aromatic carbocycles. The molecule has 0 bridgehead atoms. The second kappa shape index (κ2) is 8.44. The predicted octanol–water partition coefficient (Wildman–Crippen LogP) is 4.92. The zero-order valence-corrected chi connectivity index (χ0v) is 18.8. The average molecular weight is 467 g/mol. The minimum atomic E-state index is -0.0887. The normalized spacial score (nSPS) is 13.0. The summed E-state index contributed by atoms with van der Waals surface area (Å²) in [6.45, 7) is 5.22. The fourth-order valence-electron chi connectivity index (χ4n) is 3.61. The molecule has 1 amide bonds. The van der Waals surface area contributed by atoms with Gasteiger partial charge in [0.05, 0.1) is 17.9 Å². The minimum Gasteiger partial charge on any atom is -0.493 e. The third kappa shape index (κ3) is 3.77. The SMILES string of the molecule is CCN1c2ncc(CCOc3ccc(Br)cc3C)cc2C(=O)N(C)c2cccnc21. The fourth-order valence-corrected chi connectivity index (χ4v) is 4.09. The number of carbonyl (C=O) groups excluding carboxylic acids is 1. The number of halogens is 1. The van der Waals surface area contributed by atoms with Crippen molar-refractivity contribution in [1.29, 1.82) is 0 Å². The Morgan fingerprint density at radius 3 is 2.73 bits per heavy atom. The maximum Gasteiger partial charge on any atom is 0.261 e. The van der Waals surface area contributed by atoms with Crippen molar-refractivity contribution in [3.63, 3.8) is 0 Å². The number of aromatic nitrogens is 2. The van der Waals surface area contributed by atoms with Crippen LogP contribution in [0, 0.1) is 6.92 Å². The van der Waals surface area contributed by atoms with Crippen molar-refractivity contribution < 1.29 is 9.53 Å². The summed E-state index contributed by atoms with van der Waals surface area (Å²) in [7, 11) is 1.78. The van der Waals surface area contributed by atoms with Crippen LogP contribution >= 0.6 is 15.9 Å². The van der Waals surface area contributed by atoms with Gasteiger partial charge < -0.3 is 14.5 Å². The molecule has 1 aliphatic heterocycles. The number of nitrogens with zero attached hydrogens (tertiary/aromatic N) is 4. The van der Waals surface area contributed by atoms with Gasteiger partial charge >= 0.3 is 0 Å². The quantitative estimate of drug-likeness (QED) is 0.534. The van der Waals surface area contributed by atoms with Gasteiger partial charge in [-0.2, -0.15) is 0 Å². The molecule has 0 saturated carbocycles. The lowest BCUT2D eigenvalue weighted by atomic mass is 10.1. The molecule has 6 nitrogen and oxygen atoms in total. The molecule has 0 unspecified atom stereocenters. The van der Waals surface area contributed by atoms with E-state index in [1.165, 1.54) is 0 Å². The Hall–Kier alpha value is -2.93. The van der Waals surface area contributed by atoms with E-state index in [-0.39, 0.29) is 5.91 Å². The molecule has 0 N–H and O–H groups in total. The van der Waals surface area contributed by atoms with Crippen LogP contribution in [0.5, 0.6) is 5.75 Å². The summed E-state index contributed by atoms with van der Waals surface area (Å²) in [6, 6.07) is 11.6. The molecule has 0 fully saturated rings. The van der Waals surface area contributed by atoms with Gasteiger partial charge in [0.15, 0.2) is 5.82 Å². The maximum absolute atomic E-state index is 13.2. The van der Waals surface area contributed by atoms with Crippen LogP contribution in [0.15, 0.2) is 53.3 Å². The number of amides is 1. The third-order valence-corrected chi connectivity index (χ3v) is 5.69. The Balaban J connectivity index is 1.59. The van der Waals surface area contributed by atoms with Crippen molar-refractivity contribution in [2.45, 2.75) is 20.3 Å². The number of anilines is 3. The van der Waals surface area contributed by atoms with Crippen LogP contribution in [0.1, 0.15) is 28.4 Å². The summed E-state index contributed by atoms with van der Waals surface area (Å²) >= 11 is 3.47. The highest BCUT2D eigenvalue weighted by Gasteiger charge is 2.30. The van der Waals surface area contributed by atoms with Crippen LogP contribution < -0.4 is 14.5 Å². The number of rotatable bonds is 5. The Labute approximate surface area is 184 Å². The number of aryl methyl sites for hydroxylation is 1. The average Bonchev–Trinajstić information content (AvgIpc) is 2.83. The van der Waals surface area contributed by atoms with E-state index in [2.05, 4.69) is 25.9 Å². The van der Waals surface area contributed by atoms with E-state index < -0.39 is 0 Å². The van der Waals surface area contributed by atoms with Crippen LogP contribution in [0.3, 0.4) is 0 Å². The van der Waals surface area contributed by atoms with Crippen molar-refractivity contribution in [1.82, 2.24) is 9.97 Å². The Morgan fingerprint density at radius 2 is 1.97 bits per heavy atom. The van der Waals surface area contributed by atoms with Crippen molar-refractivity contribution in [3.05, 3.63) is 70.0 Å². The highest BCUT2D eigenvalue weighted by molar-refractivity contribution is 9.10. The highest BCUT2D eigenvalue weighted by atomic mass is 79.9. The zero-order valence-electron chi connectivity index (χ0n) is 17.2. The van der Waals surface area contributed by atoms with Crippen molar-refractivity contribution in [3.8, 4) is 5.75 Å². The first-order valence-corrected chi connectivity index (χ1v) is 10.7. The van der Waals surface area contributed by atoms with Gasteiger partial charge in [-0.05, 0) is 61.4 Å². The molecule has 0 saturated heterocycles. The van der Waals surface area contributed by atoms with Gasteiger partial charge in [0.2, 0.25) is 0 Å². The standard InChI is InChI=1S/C23H23BrN4O2/c1-4-28-21-18(23(29)27(3)19-6-5-10-25-22(19)28)13-16(14-26-21)9-11-30-20-8-7-17(24)12-15(20)2/h5-8,10,12-14H,4,9,11H2,1-3H3. The summed E-state index contributed by atoms with van der Waals surface area (Å²) < 4.78 is 6.97. The fraction of sp³-hybridized carbons (Fsp3) is 0.261. The molecule has 154 valence electrons. The molecule has 2 aromatic heterocycles. The second-order valence-electron chi connectivity index (χ2n) is 7.18. The predicted molar refractivity (Wildman–Crippen MR) is 122 cm³/mol. The van der Waals surface area contributed by atoms with E-state index in [0.717, 1.165) is 32.9 Å². The number of ether oxygens (including phenoxy) is 1. The van der Waals surface area contributed by atoms with E-state index in [0.29, 0.717) is 31.0 Å². The first-order valence-electron chi connectivity index (χ1n) is 9.88. The number of hydrogen-bond donors (Lipinski definition) is 0. The third-order valence-electron chi connectivity index (χ3n) is 5.20. The van der Waals surface area contributed by atoms with Gasteiger partial charge in [-0.15, -0.1) is 0 Å². The highest BCUT2D eigenvalue weighted by Crippen LogP contribution is 2.37. The van der Waals surface area contributed by atoms with Crippen LogP contribution in [0.2, 0.25) is 0 Å². The molecule has 1 aliphatic rings. The minimum absolute atomic E-state index is 0.0887. The molecular weight excluding hydrogens is 444 g/mol. The van der Waals surface area contributed by atoms with Crippen molar-refractivity contribution >= 4 is 39.2 Å². The molecule has 7 heteroatoms. The molecule has 0 spiro atoms. The molecule has 3 heterocycles. The first kappa shape index (κ1) is 20.3.